The first-order valence-electron chi connectivity index (χ1n) is 11.7. The Morgan fingerprint density at radius 1 is 1.10 bits per heavy atom. The summed E-state index contributed by atoms with van der Waals surface area (Å²) in [5.41, 5.74) is -0.122. The molecule has 0 aromatic heterocycles. The van der Waals surface area contributed by atoms with Crippen LogP contribution in [0.3, 0.4) is 0 Å². The summed E-state index contributed by atoms with van der Waals surface area (Å²) in [4.78, 5) is 40.7. The van der Waals surface area contributed by atoms with E-state index in [2.05, 4.69) is 10.2 Å². The second-order valence-electron chi connectivity index (χ2n) is 9.21. The Hall–Kier alpha value is -1.83. The molecule has 3 amide bonds. The monoisotopic (exact) mass is 421 g/mol. The molecular formula is C22H35N3O5. The zero-order valence-electron chi connectivity index (χ0n) is 18.1. The molecule has 0 bridgehead atoms. The lowest BCUT2D eigenvalue weighted by Crippen LogP contribution is -2.78. The molecule has 2 saturated heterocycles. The number of likely N-dealkylation sites (tertiary alicyclic amines) is 2. The molecule has 1 atom stereocenters. The van der Waals surface area contributed by atoms with Gasteiger partial charge in [0.2, 0.25) is 0 Å². The maximum Gasteiger partial charge on any atom is 0.325 e. The van der Waals surface area contributed by atoms with Crippen LogP contribution < -0.4 is 5.32 Å². The number of urea groups is 1. The molecule has 0 radical (unpaired) electrons. The Bertz CT molecular complexity index is 651. The summed E-state index contributed by atoms with van der Waals surface area (Å²) in [6.07, 6.45) is 9.36. The molecule has 1 spiro atoms. The molecule has 0 aromatic carbocycles. The van der Waals surface area contributed by atoms with E-state index in [-0.39, 0.29) is 36.2 Å². The van der Waals surface area contributed by atoms with Gasteiger partial charge in [-0.05, 0) is 51.4 Å². The molecule has 1 N–H and O–H groups in total. The minimum atomic E-state index is -0.427. The molecule has 8 heteroatoms. The SMILES string of the molecule is CCOC(=O)CNC(=O)N1CCC(N2C(=O)C(OCC3CC3)C23CCCCC3)CC1. The van der Waals surface area contributed by atoms with Crippen molar-refractivity contribution in [2.45, 2.75) is 82.4 Å². The molecule has 4 fully saturated rings. The smallest absolute Gasteiger partial charge is 0.325 e. The summed E-state index contributed by atoms with van der Waals surface area (Å²) < 4.78 is 11.0. The Kier molecular flexibility index (Phi) is 6.51. The van der Waals surface area contributed by atoms with Crippen LogP contribution in [0.4, 0.5) is 4.79 Å². The quantitative estimate of drug-likeness (QED) is 0.502. The molecule has 8 nitrogen and oxygen atoms in total. The number of carbonyl (C=O) groups excluding carboxylic acids is 3. The molecule has 2 aliphatic heterocycles. The van der Waals surface area contributed by atoms with Crippen LogP contribution >= 0.6 is 0 Å². The van der Waals surface area contributed by atoms with Crippen molar-refractivity contribution in [3.63, 3.8) is 0 Å². The number of nitrogens with zero attached hydrogens (tertiary/aromatic N) is 2. The van der Waals surface area contributed by atoms with Gasteiger partial charge in [0, 0.05) is 19.1 Å². The number of nitrogens with one attached hydrogen (secondary N) is 1. The van der Waals surface area contributed by atoms with E-state index in [0.29, 0.717) is 25.6 Å². The standard InChI is InChI=1S/C22H35N3O5/c1-2-29-18(26)14-23-21(28)24-12-8-17(9-13-24)25-20(27)19(30-15-16-6-7-16)22(25)10-4-3-5-11-22/h16-17,19H,2-15H2,1H3,(H,23,28). The predicted octanol–water partition coefficient (Wildman–Crippen LogP) is 2.06. The number of amides is 3. The third kappa shape index (κ3) is 4.29. The van der Waals surface area contributed by atoms with Crippen LogP contribution in [0.15, 0.2) is 0 Å². The average Bonchev–Trinajstić information content (AvgIpc) is 3.58. The van der Waals surface area contributed by atoms with Crippen molar-refractivity contribution in [2.75, 3.05) is 32.8 Å². The fraction of sp³-hybridized carbons (Fsp3) is 0.864. The number of esters is 1. The molecular weight excluding hydrogens is 386 g/mol. The van der Waals surface area contributed by atoms with E-state index in [1.54, 1.807) is 11.8 Å². The van der Waals surface area contributed by atoms with E-state index in [9.17, 15) is 14.4 Å². The molecule has 30 heavy (non-hydrogen) atoms. The van der Waals surface area contributed by atoms with Crippen molar-refractivity contribution in [1.82, 2.24) is 15.1 Å². The van der Waals surface area contributed by atoms with Crippen molar-refractivity contribution in [1.29, 1.82) is 0 Å². The van der Waals surface area contributed by atoms with Crippen molar-refractivity contribution >= 4 is 17.9 Å². The first-order valence-corrected chi connectivity index (χ1v) is 11.7. The number of hydrogen-bond donors (Lipinski definition) is 1. The molecule has 2 saturated carbocycles. The first kappa shape index (κ1) is 21.4. The highest BCUT2D eigenvalue weighted by molar-refractivity contribution is 5.91. The summed E-state index contributed by atoms with van der Waals surface area (Å²) in [6.45, 7) is 3.84. The van der Waals surface area contributed by atoms with Gasteiger partial charge in [-0.3, -0.25) is 9.59 Å². The molecule has 4 rings (SSSR count). The van der Waals surface area contributed by atoms with E-state index in [0.717, 1.165) is 45.1 Å². The summed E-state index contributed by atoms with van der Waals surface area (Å²) >= 11 is 0. The van der Waals surface area contributed by atoms with Gasteiger partial charge in [0.15, 0.2) is 6.10 Å². The van der Waals surface area contributed by atoms with Gasteiger partial charge in [-0.1, -0.05) is 19.3 Å². The van der Waals surface area contributed by atoms with Crippen LogP contribution in [0.1, 0.15) is 64.7 Å². The number of β-lactam (4-membered cyclic amide) rings is 1. The summed E-state index contributed by atoms with van der Waals surface area (Å²) in [5.74, 6) is 0.384. The third-order valence-electron chi connectivity index (χ3n) is 7.15. The van der Waals surface area contributed by atoms with Crippen molar-refractivity contribution in [2.24, 2.45) is 5.92 Å². The molecule has 168 valence electrons. The van der Waals surface area contributed by atoms with Gasteiger partial charge in [0.05, 0.1) is 18.8 Å². The van der Waals surface area contributed by atoms with Gasteiger partial charge in [-0.25, -0.2) is 4.79 Å². The van der Waals surface area contributed by atoms with Gasteiger partial charge in [-0.2, -0.15) is 0 Å². The van der Waals surface area contributed by atoms with E-state index in [1.165, 1.54) is 19.3 Å². The van der Waals surface area contributed by atoms with Crippen molar-refractivity contribution < 1.29 is 23.9 Å². The Balaban J connectivity index is 1.31. The number of piperidine rings is 1. The van der Waals surface area contributed by atoms with Crippen LogP contribution in [0.25, 0.3) is 0 Å². The van der Waals surface area contributed by atoms with Crippen molar-refractivity contribution in [3.05, 3.63) is 0 Å². The lowest BCUT2D eigenvalue weighted by molar-refractivity contribution is -0.211. The fourth-order valence-corrected chi connectivity index (χ4v) is 5.39. The summed E-state index contributed by atoms with van der Waals surface area (Å²) in [7, 11) is 0. The topological polar surface area (TPSA) is 88.2 Å². The maximum atomic E-state index is 13.1. The normalized spacial score (nSPS) is 26.4. The summed E-state index contributed by atoms with van der Waals surface area (Å²) in [6, 6.07) is -0.0695. The van der Waals surface area contributed by atoms with E-state index >= 15 is 0 Å². The second-order valence-corrected chi connectivity index (χ2v) is 9.21. The Morgan fingerprint density at radius 2 is 1.80 bits per heavy atom. The van der Waals surface area contributed by atoms with E-state index in [1.807, 2.05) is 0 Å². The minimum Gasteiger partial charge on any atom is -0.465 e. The maximum absolute atomic E-state index is 13.1. The average molecular weight is 422 g/mol. The summed E-state index contributed by atoms with van der Waals surface area (Å²) in [5, 5.41) is 2.63. The lowest BCUT2D eigenvalue weighted by Gasteiger charge is -2.62. The molecule has 1 unspecified atom stereocenters. The van der Waals surface area contributed by atoms with Gasteiger partial charge in [0.25, 0.3) is 5.91 Å². The number of rotatable bonds is 7. The highest BCUT2D eigenvalue weighted by atomic mass is 16.5. The van der Waals surface area contributed by atoms with Crippen LogP contribution in [-0.2, 0) is 19.1 Å². The van der Waals surface area contributed by atoms with Gasteiger partial charge < -0.3 is 24.6 Å². The highest BCUT2D eigenvalue weighted by Gasteiger charge is 2.62. The number of ether oxygens (including phenoxy) is 2. The number of carbonyl (C=O) groups is 3. The highest BCUT2D eigenvalue weighted by Crippen LogP contribution is 2.48. The second kappa shape index (κ2) is 9.12. The van der Waals surface area contributed by atoms with Crippen LogP contribution in [0, 0.1) is 5.92 Å². The lowest BCUT2D eigenvalue weighted by atomic mass is 9.68. The number of hydrogen-bond acceptors (Lipinski definition) is 5. The largest absolute Gasteiger partial charge is 0.465 e. The molecule has 2 heterocycles. The Morgan fingerprint density at radius 3 is 2.43 bits per heavy atom. The Labute approximate surface area is 178 Å². The molecule has 0 aromatic rings. The van der Waals surface area contributed by atoms with Crippen LogP contribution in [0.5, 0.6) is 0 Å². The predicted molar refractivity (Wildman–Crippen MR) is 110 cm³/mol. The third-order valence-corrected chi connectivity index (χ3v) is 7.15. The van der Waals surface area contributed by atoms with Crippen molar-refractivity contribution in [3.8, 4) is 0 Å². The fourth-order valence-electron chi connectivity index (χ4n) is 5.39. The molecule has 4 aliphatic rings. The molecule has 2 aliphatic carbocycles. The van der Waals surface area contributed by atoms with E-state index < -0.39 is 5.97 Å². The zero-order chi connectivity index (χ0) is 21.1. The first-order chi connectivity index (χ1) is 14.5. The van der Waals surface area contributed by atoms with Crippen LogP contribution in [-0.4, -0.2) is 78.2 Å². The zero-order valence-corrected chi connectivity index (χ0v) is 18.1. The van der Waals surface area contributed by atoms with Gasteiger partial charge in [-0.15, -0.1) is 0 Å². The van der Waals surface area contributed by atoms with Gasteiger partial charge in [0.1, 0.15) is 6.54 Å². The minimum absolute atomic E-state index is 0.111. The van der Waals surface area contributed by atoms with Gasteiger partial charge >= 0.3 is 12.0 Å². The van der Waals surface area contributed by atoms with Crippen LogP contribution in [0.2, 0.25) is 0 Å². The van der Waals surface area contributed by atoms with E-state index in [4.69, 9.17) is 9.47 Å².